The average molecular weight is 198 g/mol. The lowest BCUT2D eigenvalue weighted by Crippen LogP contribution is -2.03. The zero-order chi connectivity index (χ0) is 10.6. The predicted molar refractivity (Wildman–Crippen MR) is 59.1 cm³/mol. The Morgan fingerprint density at radius 3 is 2.50 bits per heavy atom. The van der Waals surface area contributed by atoms with E-state index in [4.69, 9.17) is 4.74 Å². The molecular formula is C12H22O2. The van der Waals surface area contributed by atoms with Crippen molar-refractivity contribution in [1.29, 1.82) is 0 Å². The average Bonchev–Trinajstić information content (AvgIpc) is 2.18. The number of carbonyl (C=O) groups excluding carboxylic acids is 1. The highest BCUT2D eigenvalue weighted by Gasteiger charge is 1.97. The lowest BCUT2D eigenvalue weighted by Gasteiger charge is -2.00. The van der Waals surface area contributed by atoms with Crippen molar-refractivity contribution in [2.75, 3.05) is 6.61 Å². The first-order chi connectivity index (χ1) is 6.81. The molecule has 0 saturated carbocycles. The van der Waals surface area contributed by atoms with Crippen molar-refractivity contribution >= 4 is 5.97 Å². The van der Waals surface area contributed by atoms with Gasteiger partial charge in [-0.25, -0.2) is 0 Å². The second-order valence-corrected chi connectivity index (χ2v) is 3.39. The van der Waals surface area contributed by atoms with Crippen molar-refractivity contribution in [3.8, 4) is 0 Å². The Morgan fingerprint density at radius 1 is 1.14 bits per heavy atom. The Kier molecular flexibility index (Phi) is 9.71. The first-order valence-electron chi connectivity index (χ1n) is 5.61. The molecule has 0 saturated heterocycles. The van der Waals surface area contributed by atoms with Gasteiger partial charge in [0.1, 0.15) is 0 Å². The first kappa shape index (κ1) is 13.2. The van der Waals surface area contributed by atoms with Crippen LogP contribution in [0.25, 0.3) is 0 Å². The zero-order valence-electron chi connectivity index (χ0n) is 9.42. The van der Waals surface area contributed by atoms with Crippen LogP contribution in [-0.2, 0) is 9.53 Å². The number of hydrogen-bond donors (Lipinski definition) is 0. The Morgan fingerprint density at radius 2 is 1.86 bits per heavy atom. The van der Waals surface area contributed by atoms with Gasteiger partial charge in [0.25, 0.3) is 0 Å². The lowest BCUT2D eigenvalue weighted by molar-refractivity contribution is -0.142. The van der Waals surface area contributed by atoms with Gasteiger partial charge in [-0.2, -0.15) is 0 Å². The Labute approximate surface area is 87.3 Å². The van der Waals surface area contributed by atoms with E-state index in [-0.39, 0.29) is 5.97 Å². The SMILES string of the molecule is CCCC/C=C/CC(=O)OCCCC. The standard InChI is InChI=1S/C12H22O2/c1-3-5-7-8-9-10-12(13)14-11-6-4-2/h8-9H,3-7,10-11H2,1-2H3/b9-8+. The molecule has 0 aliphatic heterocycles. The monoisotopic (exact) mass is 198 g/mol. The Bertz CT molecular complexity index is 162. The van der Waals surface area contributed by atoms with E-state index in [2.05, 4.69) is 19.9 Å². The fourth-order valence-corrected chi connectivity index (χ4v) is 1.01. The molecule has 0 aliphatic rings. The number of unbranched alkanes of at least 4 members (excludes halogenated alkanes) is 3. The van der Waals surface area contributed by atoms with Crippen LogP contribution in [0.5, 0.6) is 0 Å². The normalized spacial score (nSPS) is 10.7. The summed E-state index contributed by atoms with van der Waals surface area (Å²) in [7, 11) is 0. The maximum absolute atomic E-state index is 11.1. The van der Waals surface area contributed by atoms with Gasteiger partial charge in [-0.15, -0.1) is 0 Å². The number of ether oxygens (including phenoxy) is 1. The maximum atomic E-state index is 11.1. The van der Waals surface area contributed by atoms with Crippen LogP contribution in [0.2, 0.25) is 0 Å². The molecule has 0 fully saturated rings. The highest BCUT2D eigenvalue weighted by atomic mass is 16.5. The van der Waals surface area contributed by atoms with Crippen molar-refractivity contribution in [1.82, 2.24) is 0 Å². The topological polar surface area (TPSA) is 26.3 Å². The molecule has 0 rings (SSSR count). The molecule has 0 spiro atoms. The van der Waals surface area contributed by atoms with Gasteiger partial charge in [-0.3, -0.25) is 4.79 Å². The van der Waals surface area contributed by atoms with Crippen LogP contribution < -0.4 is 0 Å². The summed E-state index contributed by atoms with van der Waals surface area (Å²) in [6.07, 6.45) is 9.89. The second-order valence-electron chi connectivity index (χ2n) is 3.39. The van der Waals surface area contributed by atoms with Crippen molar-refractivity contribution in [2.24, 2.45) is 0 Å². The minimum atomic E-state index is -0.105. The summed E-state index contributed by atoms with van der Waals surface area (Å²) >= 11 is 0. The molecule has 0 aliphatic carbocycles. The molecule has 0 aromatic carbocycles. The van der Waals surface area contributed by atoms with Crippen LogP contribution in [0.4, 0.5) is 0 Å². The third-order valence-corrected chi connectivity index (χ3v) is 1.94. The van der Waals surface area contributed by atoms with E-state index in [1.54, 1.807) is 0 Å². The van der Waals surface area contributed by atoms with Gasteiger partial charge < -0.3 is 4.74 Å². The quantitative estimate of drug-likeness (QED) is 0.339. The fourth-order valence-electron chi connectivity index (χ4n) is 1.01. The predicted octanol–water partition coefficient (Wildman–Crippen LogP) is 3.47. The minimum Gasteiger partial charge on any atom is -0.465 e. The molecule has 0 bridgehead atoms. The summed E-state index contributed by atoms with van der Waals surface area (Å²) in [6.45, 7) is 4.81. The summed E-state index contributed by atoms with van der Waals surface area (Å²) in [5, 5.41) is 0. The van der Waals surface area contributed by atoms with Gasteiger partial charge in [0.15, 0.2) is 0 Å². The first-order valence-corrected chi connectivity index (χ1v) is 5.61. The summed E-state index contributed by atoms with van der Waals surface area (Å²) in [4.78, 5) is 11.1. The Balaban J connectivity index is 3.29. The van der Waals surface area contributed by atoms with E-state index in [9.17, 15) is 4.79 Å². The molecule has 0 amide bonds. The largest absolute Gasteiger partial charge is 0.465 e. The molecule has 0 atom stereocenters. The molecule has 2 nitrogen and oxygen atoms in total. The van der Waals surface area contributed by atoms with Crippen LogP contribution in [0.3, 0.4) is 0 Å². The summed E-state index contributed by atoms with van der Waals surface area (Å²) < 4.78 is 5.00. The molecule has 14 heavy (non-hydrogen) atoms. The van der Waals surface area contributed by atoms with E-state index < -0.39 is 0 Å². The van der Waals surface area contributed by atoms with Crippen LogP contribution in [0.1, 0.15) is 52.4 Å². The van der Waals surface area contributed by atoms with Gasteiger partial charge in [0.05, 0.1) is 13.0 Å². The smallest absolute Gasteiger partial charge is 0.309 e. The third-order valence-electron chi connectivity index (χ3n) is 1.94. The molecular weight excluding hydrogens is 176 g/mol. The van der Waals surface area contributed by atoms with Crippen LogP contribution in [-0.4, -0.2) is 12.6 Å². The number of hydrogen-bond acceptors (Lipinski definition) is 2. The summed E-state index contributed by atoms with van der Waals surface area (Å²) in [6, 6.07) is 0. The number of allylic oxidation sites excluding steroid dienone is 1. The molecule has 2 heteroatoms. The summed E-state index contributed by atoms with van der Waals surface area (Å²) in [5.74, 6) is -0.105. The van der Waals surface area contributed by atoms with E-state index in [1.807, 2.05) is 6.08 Å². The van der Waals surface area contributed by atoms with E-state index in [1.165, 1.54) is 12.8 Å². The van der Waals surface area contributed by atoms with Crippen molar-refractivity contribution < 1.29 is 9.53 Å². The van der Waals surface area contributed by atoms with Crippen LogP contribution in [0, 0.1) is 0 Å². The highest BCUT2D eigenvalue weighted by Crippen LogP contribution is 1.97. The number of carbonyl (C=O) groups is 1. The molecule has 0 aromatic heterocycles. The molecule has 0 heterocycles. The molecule has 0 N–H and O–H groups in total. The fraction of sp³-hybridized carbons (Fsp3) is 0.750. The Hall–Kier alpha value is -0.790. The molecule has 82 valence electrons. The zero-order valence-corrected chi connectivity index (χ0v) is 9.42. The molecule has 0 unspecified atom stereocenters. The van der Waals surface area contributed by atoms with Crippen LogP contribution in [0.15, 0.2) is 12.2 Å². The molecule has 0 aromatic rings. The maximum Gasteiger partial charge on any atom is 0.309 e. The highest BCUT2D eigenvalue weighted by molar-refractivity contribution is 5.71. The van der Waals surface area contributed by atoms with Gasteiger partial charge in [0, 0.05) is 0 Å². The van der Waals surface area contributed by atoms with Gasteiger partial charge in [-0.05, 0) is 12.8 Å². The minimum absolute atomic E-state index is 0.105. The third kappa shape index (κ3) is 9.30. The van der Waals surface area contributed by atoms with Gasteiger partial charge in [0.2, 0.25) is 0 Å². The van der Waals surface area contributed by atoms with Crippen molar-refractivity contribution in [3.05, 3.63) is 12.2 Å². The van der Waals surface area contributed by atoms with E-state index >= 15 is 0 Å². The lowest BCUT2D eigenvalue weighted by atomic mass is 10.2. The second kappa shape index (κ2) is 10.3. The number of rotatable bonds is 8. The van der Waals surface area contributed by atoms with Gasteiger partial charge >= 0.3 is 5.97 Å². The van der Waals surface area contributed by atoms with Crippen molar-refractivity contribution in [3.63, 3.8) is 0 Å². The number of esters is 1. The summed E-state index contributed by atoms with van der Waals surface area (Å²) in [5.41, 5.74) is 0. The van der Waals surface area contributed by atoms with Gasteiger partial charge in [-0.1, -0.05) is 45.3 Å². The van der Waals surface area contributed by atoms with Crippen molar-refractivity contribution in [2.45, 2.75) is 52.4 Å². The van der Waals surface area contributed by atoms with E-state index in [0.717, 1.165) is 19.3 Å². The van der Waals surface area contributed by atoms with Crippen LogP contribution >= 0.6 is 0 Å². The molecule has 0 radical (unpaired) electrons. The van der Waals surface area contributed by atoms with E-state index in [0.29, 0.717) is 13.0 Å².